The van der Waals surface area contributed by atoms with Crippen molar-refractivity contribution in [3.05, 3.63) is 48.4 Å². The molecule has 1 fully saturated rings. The van der Waals surface area contributed by atoms with Crippen molar-refractivity contribution in [2.24, 2.45) is 0 Å². The number of sulfonamides is 1. The number of carbonyl (C=O) groups excluding carboxylic acids is 2. The second kappa shape index (κ2) is 9.44. The highest BCUT2D eigenvalue weighted by atomic mass is 32.2. The molecule has 2 aromatic rings. The lowest BCUT2D eigenvalue weighted by molar-refractivity contribution is -0.116. The second-order valence-corrected chi connectivity index (χ2v) is 9.36. The number of piperidine rings is 1. The van der Waals surface area contributed by atoms with E-state index in [1.165, 1.54) is 24.5 Å². The Kier molecular flexibility index (Phi) is 6.94. The monoisotopic (exact) mass is 433 g/mol. The van der Waals surface area contributed by atoms with Crippen molar-refractivity contribution in [1.82, 2.24) is 9.62 Å². The van der Waals surface area contributed by atoms with Crippen LogP contribution in [0.1, 0.15) is 50.1 Å². The number of carbonyl (C=O) groups is 2. The van der Waals surface area contributed by atoms with E-state index < -0.39 is 10.0 Å². The summed E-state index contributed by atoms with van der Waals surface area (Å²) in [5.74, 6) is -0.489. The first-order valence-electron chi connectivity index (χ1n) is 10.0. The maximum atomic E-state index is 13.0. The number of hydrogen-bond donors (Lipinski definition) is 2. The molecule has 9 heteroatoms. The minimum absolute atomic E-state index is 0.0329. The van der Waals surface area contributed by atoms with Gasteiger partial charge in [-0.15, -0.1) is 0 Å². The molecule has 0 spiro atoms. The van der Waals surface area contributed by atoms with E-state index in [1.54, 1.807) is 22.5 Å². The average molecular weight is 434 g/mol. The first-order chi connectivity index (χ1) is 14.3. The van der Waals surface area contributed by atoms with Crippen LogP contribution >= 0.6 is 0 Å². The molecule has 1 aliphatic rings. The Bertz CT molecular complexity index is 961. The molecule has 2 unspecified atom stereocenters. The number of nitrogens with zero attached hydrogens (tertiary/aromatic N) is 1. The Morgan fingerprint density at radius 2 is 1.77 bits per heavy atom. The van der Waals surface area contributed by atoms with Crippen molar-refractivity contribution < 1.29 is 22.4 Å². The highest BCUT2D eigenvalue weighted by Gasteiger charge is 2.35. The summed E-state index contributed by atoms with van der Waals surface area (Å²) in [6.07, 6.45) is 4.22. The van der Waals surface area contributed by atoms with Crippen LogP contribution in [0, 0.1) is 0 Å². The van der Waals surface area contributed by atoms with Crippen molar-refractivity contribution in [3.63, 3.8) is 0 Å². The van der Waals surface area contributed by atoms with E-state index in [0.717, 1.165) is 19.3 Å². The molecule has 2 heterocycles. The molecular weight excluding hydrogens is 406 g/mol. The number of hydrogen-bond acceptors (Lipinski definition) is 5. The van der Waals surface area contributed by atoms with E-state index in [0.29, 0.717) is 5.69 Å². The third-order valence-corrected chi connectivity index (χ3v) is 7.35. The van der Waals surface area contributed by atoms with Crippen molar-refractivity contribution >= 4 is 27.5 Å². The molecule has 0 aliphatic carbocycles. The van der Waals surface area contributed by atoms with Gasteiger partial charge in [0, 0.05) is 30.7 Å². The molecule has 1 aliphatic heterocycles. The van der Waals surface area contributed by atoms with Crippen LogP contribution in [0.3, 0.4) is 0 Å². The van der Waals surface area contributed by atoms with Gasteiger partial charge in [0.2, 0.25) is 15.9 Å². The van der Waals surface area contributed by atoms with Crippen LogP contribution in [0.2, 0.25) is 0 Å². The molecule has 0 radical (unpaired) electrons. The van der Waals surface area contributed by atoms with Gasteiger partial charge in [0.05, 0.1) is 11.2 Å². The quantitative estimate of drug-likeness (QED) is 0.698. The first kappa shape index (κ1) is 22.0. The zero-order valence-electron chi connectivity index (χ0n) is 17.1. The van der Waals surface area contributed by atoms with Crippen LogP contribution in [0.4, 0.5) is 5.69 Å². The fourth-order valence-corrected chi connectivity index (χ4v) is 5.59. The fraction of sp³-hybridized carbons (Fsp3) is 0.429. The van der Waals surface area contributed by atoms with Crippen molar-refractivity contribution in [1.29, 1.82) is 0 Å². The molecule has 2 N–H and O–H groups in total. The molecule has 1 aromatic heterocycles. The highest BCUT2D eigenvalue weighted by molar-refractivity contribution is 7.89. The maximum absolute atomic E-state index is 13.0. The van der Waals surface area contributed by atoms with E-state index in [1.807, 2.05) is 13.8 Å². The Labute approximate surface area is 176 Å². The minimum Gasteiger partial charge on any atom is -0.459 e. The van der Waals surface area contributed by atoms with Gasteiger partial charge in [-0.2, -0.15) is 4.31 Å². The van der Waals surface area contributed by atoms with Gasteiger partial charge in [-0.25, -0.2) is 8.42 Å². The van der Waals surface area contributed by atoms with Crippen LogP contribution in [0.25, 0.3) is 0 Å². The summed E-state index contributed by atoms with van der Waals surface area (Å²) >= 11 is 0. The lowest BCUT2D eigenvalue weighted by Gasteiger charge is -2.37. The van der Waals surface area contributed by atoms with E-state index >= 15 is 0 Å². The summed E-state index contributed by atoms with van der Waals surface area (Å²) in [4.78, 5) is 24.1. The molecule has 1 saturated heterocycles. The smallest absolute Gasteiger partial charge is 0.286 e. The Hall–Kier alpha value is -2.65. The van der Waals surface area contributed by atoms with Crippen LogP contribution in [0.15, 0.2) is 52.0 Å². The highest BCUT2D eigenvalue weighted by Crippen LogP contribution is 2.29. The third kappa shape index (κ3) is 5.09. The lowest BCUT2D eigenvalue weighted by atomic mass is 10.0. The number of anilines is 1. The summed E-state index contributed by atoms with van der Waals surface area (Å²) in [5, 5.41) is 5.30. The Balaban J connectivity index is 1.55. The Morgan fingerprint density at radius 1 is 1.10 bits per heavy atom. The standard InChI is InChI=1S/C21H27N3O5S/c1-15-5-3-6-16(2)24(15)30(27,28)18-10-8-17(9-11-18)23-20(25)12-13-22-21(26)19-7-4-14-29-19/h4,7-11,14-16H,3,5-6,12-13H2,1-2H3,(H,22,26)(H,23,25). The predicted molar refractivity (Wildman–Crippen MR) is 113 cm³/mol. The van der Waals surface area contributed by atoms with Crippen molar-refractivity contribution in [2.45, 2.75) is 56.5 Å². The number of rotatable bonds is 7. The molecule has 0 saturated carbocycles. The first-order valence-corrected chi connectivity index (χ1v) is 11.5. The van der Waals surface area contributed by atoms with Crippen LogP contribution < -0.4 is 10.6 Å². The van der Waals surface area contributed by atoms with Gasteiger partial charge in [0.1, 0.15) is 0 Å². The molecule has 0 bridgehead atoms. The second-order valence-electron chi connectivity index (χ2n) is 7.52. The molecule has 2 atom stereocenters. The van der Waals surface area contributed by atoms with Crippen LogP contribution in [0.5, 0.6) is 0 Å². The van der Waals surface area contributed by atoms with Gasteiger partial charge < -0.3 is 15.1 Å². The number of furan rings is 1. The van der Waals surface area contributed by atoms with Gasteiger partial charge >= 0.3 is 0 Å². The summed E-state index contributed by atoms with van der Waals surface area (Å²) in [5.41, 5.74) is 0.496. The fourth-order valence-electron chi connectivity index (χ4n) is 3.71. The van der Waals surface area contributed by atoms with Crippen molar-refractivity contribution in [2.75, 3.05) is 11.9 Å². The summed E-state index contributed by atoms with van der Waals surface area (Å²) in [6, 6.07) is 9.25. The summed E-state index contributed by atoms with van der Waals surface area (Å²) < 4.78 is 32.6. The summed E-state index contributed by atoms with van der Waals surface area (Å²) in [7, 11) is -3.59. The number of nitrogens with one attached hydrogen (secondary N) is 2. The van der Waals surface area contributed by atoms with Crippen molar-refractivity contribution in [3.8, 4) is 0 Å². The maximum Gasteiger partial charge on any atom is 0.286 e. The number of amides is 2. The van der Waals surface area contributed by atoms with E-state index in [9.17, 15) is 18.0 Å². The molecule has 162 valence electrons. The van der Waals surface area contributed by atoms with E-state index in [-0.39, 0.29) is 47.5 Å². The SMILES string of the molecule is CC1CCCC(C)N1S(=O)(=O)c1ccc(NC(=O)CCNC(=O)c2ccco2)cc1. The molecule has 3 rings (SSSR count). The summed E-state index contributed by atoms with van der Waals surface area (Å²) in [6.45, 7) is 4.03. The van der Waals surface area contributed by atoms with Gasteiger partial charge in [0.25, 0.3) is 5.91 Å². The molecule has 2 amide bonds. The molecular formula is C21H27N3O5S. The lowest BCUT2D eigenvalue weighted by Crippen LogP contribution is -2.47. The molecule has 8 nitrogen and oxygen atoms in total. The van der Waals surface area contributed by atoms with Gasteiger partial charge in [0.15, 0.2) is 5.76 Å². The normalized spacial score (nSPS) is 19.9. The topological polar surface area (TPSA) is 109 Å². The predicted octanol–water partition coefficient (Wildman–Crippen LogP) is 2.99. The van der Waals surface area contributed by atoms with Crippen LogP contribution in [-0.4, -0.2) is 43.2 Å². The zero-order chi connectivity index (χ0) is 21.7. The minimum atomic E-state index is -3.59. The van der Waals surface area contributed by atoms with E-state index in [4.69, 9.17) is 4.42 Å². The van der Waals surface area contributed by atoms with Gasteiger partial charge in [-0.05, 0) is 63.1 Å². The van der Waals surface area contributed by atoms with Gasteiger partial charge in [-0.1, -0.05) is 6.42 Å². The zero-order valence-corrected chi connectivity index (χ0v) is 17.9. The third-order valence-electron chi connectivity index (χ3n) is 5.21. The van der Waals surface area contributed by atoms with Gasteiger partial charge in [-0.3, -0.25) is 9.59 Å². The number of benzene rings is 1. The molecule has 30 heavy (non-hydrogen) atoms. The molecule has 1 aromatic carbocycles. The largest absolute Gasteiger partial charge is 0.459 e. The van der Waals surface area contributed by atoms with Crippen LogP contribution in [-0.2, 0) is 14.8 Å². The van der Waals surface area contributed by atoms with E-state index in [2.05, 4.69) is 10.6 Å². The average Bonchev–Trinajstić information content (AvgIpc) is 3.23. The Morgan fingerprint density at radius 3 is 2.37 bits per heavy atom.